The molecule has 2 aromatic rings. The van der Waals surface area contributed by atoms with Gasteiger partial charge in [-0.3, -0.25) is 5.01 Å². The van der Waals surface area contributed by atoms with Gasteiger partial charge < -0.3 is 0 Å². The third-order valence-electron chi connectivity index (χ3n) is 1.80. The molecular weight excluding hydrogens is 232 g/mol. The van der Waals surface area contributed by atoms with Crippen molar-refractivity contribution in [1.29, 1.82) is 0 Å². The van der Waals surface area contributed by atoms with Gasteiger partial charge in [0, 0.05) is 11.6 Å². The number of aromatic nitrogens is 2. The van der Waals surface area contributed by atoms with Crippen LogP contribution in [0.2, 0.25) is 4.47 Å². The number of nitrogens with two attached hydrogens (primary N) is 1. The minimum atomic E-state index is 0.500. The highest BCUT2D eigenvalue weighted by molar-refractivity contribution is 7.13. The van der Waals surface area contributed by atoms with Gasteiger partial charge in [0.2, 0.25) is 0 Å². The van der Waals surface area contributed by atoms with Crippen LogP contribution in [0.5, 0.6) is 0 Å². The lowest BCUT2D eigenvalue weighted by Gasteiger charge is -2.15. The molecule has 2 heterocycles. The lowest BCUT2D eigenvalue weighted by atomic mass is 10.4. The van der Waals surface area contributed by atoms with Gasteiger partial charge in [0.25, 0.3) is 0 Å². The largest absolute Gasteiger partial charge is 0.289 e. The van der Waals surface area contributed by atoms with Gasteiger partial charge in [-0.05, 0) is 12.1 Å². The van der Waals surface area contributed by atoms with Crippen molar-refractivity contribution in [2.24, 2.45) is 5.84 Å². The maximum absolute atomic E-state index is 5.83. The molecule has 0 aromatic carbocycles. The number of thiazole rings is 1. The summed E-state index contributed by atoms with van der Waals surface area (Å²) in [7, 11) is 0. The molecule has 6 heteroatoms. The Morgan fingerprint density at radius 2 is 2.33 bits per heavy atom. The van der Waals surface area contributed by atoms with E-state index >= 15 is 0 Å². The Hall–Kier alpha value is -1.17. The summed E-state index contributed by atoms with van der Waals surface area (Å²) in [6, 6.07) is 5.57. The highest BCUT2D eigenvalue weighted by Gasteiger charge is 2.06. The summed E-state index contributed by atoms with van der Waals surface area (Å²) in [5.41, 5.74) is 0.846. The van der Waals surface area contributed by atoms with E-state index in [-0.39, 0.29) is 0 Å². The molecule has 0 fully saturated rings. The topological polar surface area (TPSA) is 55.0 Å². The quantitative estimate of drug-likeness (QED) is 0.659. The first-order valence-electron chi connectivity index (χ1n) is 4.29. The average Bonchev–Trinajstić information content (AvgIpc) is 2.65. The van der Waals surface area contributed by atoms with Gasteiger partial charge in [-0.1, -0.05) is 17.7 Å². The molecule has 2 aromatic heterocycles. The van der Waals surface area contributed by atoms with Crippen LogP contribution in [0.3, 0.4) is 0 Å². The van der Waals surface area contributed by atoms with Gasteiger partial charge in [-0.15, -0.1) is 11.3 Å². The van der Waals surface area contributed by atoms with Gasteiger partial charge >= 0.3 is 0 Å². The lowest BCUT2D eigenvalue weighted by Crippen LogP contribution is -2.30. The Bertz CT molecular complexity index is 431. The van der Waals surface area contributed by atoms with Crippen molar-refractivity contribution in [3.8, 4) is 0 Å². The number of hydrogen-bond acceptors (Lipinski definition) is 5. The Balaban J connectivity index is 2.07. The number of nitrogens with zero attached hydrogens (tertiary/aromatic N) is 3. The number of hydrazine groups is 1. The monoisotopic (exact) mass is 240 g/mol. The zero-order chi connectivity index (χ0) is 10.7. The molecular formula is C9H9ClN4S. The molecule has 15 heavy (non-hydrogen) atoms. The van der Waals surface area contributed by atoms with E-state index in [0.29, 0.717) is 16.8 Å². The molecule has 0 bridgehead atoms. The maximum Gasteiger partial charge on any atom is 0.183 e. The van der Waals surface area contributed by atoms with Crippen LogP contribution in [0.15, 0.2) is 29.8 Å². The fraction of sp³-hybridized carbons (Fsp3) is 0.111. The fourth-order valence-corrected chi connectivity index (χ4v) is 1.91. The first-order chi connectivity index (χ1) is 7.25. The van der Waals surface area contributed by atoms with Crippen molar-refractivity contribution >= 4 is 28.8 Å². The predicted octanol–water partition coefficient (Wildman–Crippen LogP) is 2.07. The SMILES string of the molecule is NN(Cc1csc(Cl)n1)c1ccccn1. The third-order valence-corrected chi connectivity index (χ3v) is 2.83. The molecule has 0 spiro atoms. The van der Waals surface area contributed by atoms with E-state index in [2.05, 4.69) is 9.97 Å². The van der Waals surface area contributed by atoms with Gasteiger partial charge in [-0.25, -0.2) is 15.8 Å². The minimum absolute atomic E-state index is 0.500. The zero-order valence-electron chi connectivity index (χ0n) is 7.80. The molecule has 78 valence electrons. The fourth-order valence-electron chi connectivity index (χ4n) is 1.13. The van der Waals surface area contributed by atoms with Gasteiger partial charge in [0.1, 0.15) is 5.82 Å². The van der Waals surface area contributed by atoms with Crippen LogP contribution in [0.25, 0.3) is 0 Å². The zero-order valence-corrected chi connectivity index (χ0v) is 9.37. The van der Waals surface area contributed by atoms with E-state index in [0.717, 1.165) is 5.69 Å². The summed E-state index contributed by atoms with van der Waals surface area (Å²) >= 11 is 7.12. The molecule has 0 radical (unpaired) electrons. The minimum Gasteiger partial charge on any atom is -0.289 e. The normalized spacial score (nSPS) is 10.3. The van der Waals surface area contributed by atoms with Gasteiger partial charge in [0.15, 0.2) is 4.47 Å². The molecule has 2 rings (SSSR count). The van der Waals surface area contributed by atoms with Crippen molar-refractivity contribution in [2.45, 2.75) is 6.54 Å². The summed E-state index contributed by atoms with van der Waals surface area (Å²) in [5, 5.41) is 3.41. The third kappa shape index (κ3) is 2.65. The summed E-state index contributed by atoms with van der Waals surface area (Å²) in [5.74, 6) is 6.54. The van der Waals surface area contributed by atoms with Crippen molar-refractivity contribution in [1.82, 2.24) is 9.97 Å². The van der Waals surface area contributed by atoms with Crippen LogP contribution in [0.4, 0.5) is 5.82 Å². The van der Waals surface area contributed by atoms with Crippen LogP contribution < -0.4 is 10.9 Å². The number of rotatable bonds is 3. The molecule has 2 N–H and O–H groups in total. The second-order valence-corrected chi connectivity index (χ2v) is 4.35. The standard InChI is InChI=1S/C9H9ClN4S/c10-9-13-7(6-15-9)5-14(11)8-3-1-2-4-12-8/h1-4,6H,5,11H2. The summed E-state index contributed by atoms with van der Waals surface area (Å²) < 4.78 is 0.527. The maximum atomic E-state index is 5.83. The van der Waals surface area contributed by atoms with E-state index in [1.807, 2.05) is 23.6 Å². The van der Waals surface area contributed by atoms with Crippen molar-refractivity contribution in [3.05, 3.63) is 39.9 Å². The van der Waals surface area contributed by atoms with Crippen LogP contribution in [-0.2, 0) is 6.54 Å². The number of pyridine rings is 1. The first kappa shape index (κ1) is 10.4. The second-order valence-electron chi connectivity index (χ2n) is 2.91. The predicted molar refractivity (Wildman–Crippen MR) is 61.7 cm³/mol. The summed E-state index contributed by atoms with van der Waals surface area (Å²) in [4.78, 5) is 8.24. The molecule has 0 amide bonds. The molecule has 0 atom stereocenters. The molecule has 0 saturated carbocycles. The van der Waals surface area contributed by atoms with E-state index < -0.39 is 0 Å². The average molecular weight is 241 g/mol. The summed E-state index contributed by atoms with van der Waals surface area (Å²) in [6.45, 7) is 0.500. The van der Waals surface area contributed by atoms with E-state index in [1.54, 1.807) is 6.20 Å². The first-order valence-corrected chi connectivity index (χ1v) is 5.54. The molecule has 0 aliphatic carbocycles. The highest BCUT2D eigenvalue weighted by Crippen LogP contribution is 2.17. The van der Waals surface area contributed by atoms with E-state index in [4.69, 9.17) is 17.4 Å². The lowest BCUT2D eigenvalue weighted by molar-refractivity contribution is 0.815. The highest BCUT2D eigenvalue weighted by atomic mass is 35.5. The second kappa shape index (κ2) is 4.57. The summed E-state index contributed by atoms with van der Waals surface area (Å²) in [6.07, 6.45) is 1.70. The van der Waals surface area contributed by atoms with Crippen molar-refractivity contribution in [3.63, 3.8) is 0 Å². The molecule has 4 nitrogen and oxygen atoms in total. The Morgan fingerprint density at radius 1 is 1.47 bits per heavy atom. The van der Waals surface area contributed by atoms with Crippen LogP contribution in [-0.4, -0.2) is 9.97 Å². The number of hydrogen-bond donors (Lipinski definition) is 1. The van der Waals surface area contributed by atoms with Crippen LogP contribution in [0, 0.1) is 0 Å². The van der Waals surface area contributed by atoms with Gasteiger partial charge in [-0.2, -0.15) is 0 Å². The number of anilines is 1. The smallest absolute Gasteiger partial charge is 0.183 e. The van der Waals surface area contributed by atoms with Crippen molar-refractivity contribution < 1.29 is 0 Å². The Kier molecular flexibility index (Phi) is 3.15. The van der Waals surface area contributed by atoms with Gasteiger partial charge in [0.05, 0.1) is 12.2 Å². The molecule has 0 aliphatic heterocycles. The number of halogens is 1. The van der Waals surface area contributed by atoms with E-state index in [9.17, 15) is 0 Å². The molecule has 0 saturated heterocycles. The van der Waals surface area contributed by atoms with Crippen LogP contribution in [0.1, 0.15) is 5.69 Å². The molecule has 0 aliphatic rings. The molecule has 0 unspecified atom stereocenters. The van der Waals surface area contributed by atoms with Crippen LogP contribution >= 0.6 is 22.9 Å². The Labute approximate surface area is 96.3 Å². The van der Waals surface area contributed by atoms with E-state index in [1.165, 1.54) is 16.3 Å². The van der Waals surface area contributed by atoms with Crippen molar-refractivity contribution in [2.75, 3.05) is 5.01 Å². The Morgan fingerprint density at radius 3 is 2.93 bits per heavy atom.